The van der Waals surface area contributed by atoms with E-state index in [-0.39, 0.29) is 5.75 Å². The van der Waals surface area contributed by atoms with Crippen LogP contribution in [-0.2, 0) is 0 Å². The van der Waals surface area contributed by atoms with E-state index in [9.17, 15) is 5.11 Å². The molecular formula is C23H13BrClN3OS. The summed E-state index contributed by atoms with van der Waals surface area (Å²) in [6.45, 7) is 0. The van der Waals surface area contributed by atoms with Gasteiger partial charge in [-0.15, -0.1) is 11.3 Å². The Kier molecular flexibility index (Phi) is 4.98. The summed E-state index contributed by atoms with van der Waals surface area (Å²) in [4.78, 5) is 13.8. The van der Waals surface area contributed by atoms with Gasteiger partial charge in [-0.3, -0.25) is 0 Å². The predicted octanol–water partition coefficient (Wildman–Crippen LogP) is 7.38. The maximum absolute atomic E-state index is 9.37. The molecule has 2 heterocycles. The first-order valence-corrected chi connectivity index (χ1v) is 11.1. The molecule has 0 bridgehead atoms. The number of fused-ring (bicyclic) bond motifs is 2. The monoisotopic (exact) mass is 493 g/mol. The fraction of sp³-hybridized carbons (Fsp3) is 0. The van der Waals surface area contributed by atoms with Gasteiger partial charge in [-0.05, 0) is 60.2 Å². The van der Waals surface area contributed by atoms with Crippen LogP contribution in [0.2, 0.25) is 5.02 Å². The molecular weight excluding hydrogens is 482 g/mol. The Hall–Kier alpha value is -2.80. The fourth-order valence-corrected chi connectivity index (χ4v) is 4.51. The first-order valence-electron chi connectivity index (χ1n) is 9.04. The Morgan fingerprint density at radius 3 is 2.47 bits per heavy atom. The zero-order valence-corrected chi connectivity index (χ0v) is 18.5. The molecule has 0 aliphatic carbocycles. The van der Waals surface area contributed by atoms with Crippen LogP contribution in [0.5, 0.6) is 5.75 Å². The highest BCUT2D eigenvalue weighted by atomic mass is 79.9. The number of hydrogen-bond donors (Lipinski definition) is 1. The number of nitrogens with zero attached hydrogens (tertiary/aromatic N) is 3. The summed E-state index contributed by atoms with van der Waals surface area (Å²) < 4.78 is 0.963. The number of aromatic hydroxyl groups is 1. The largest absolute Gasteiger partial charge is 0.508 e. The standard InChI is InChI=1S/C23H13BrClN3OS/c24-15-4-8-20-18(10-15)22(25)17-9-14(3-7-19(17)27-20)21-12-30-23(28-21)26-11-13-1-5-16(29)6-2-13/h1-12,29H/b26-11+. The second-order valence-electron chi connectivity index (χ2n) is 6.68. The first-order chi connectivity index (χ1) is 14.6. The predicted molar refractivity (Wildman–Crippen MR) is 128 cm³/mol. The van der Waals surface area contributed by atoms with Gasteiger partial charge in [0.1, 0.15) is 5.75 Å². The fourth-order valence-electron chi connectivity index (χ4n) is 3.17. The molecule has 0 saturated heterocycles. The maximum atomic E-state index is 9.37. The van der Waals surface area contributed by atoms with Gasteiger partial charge in [-0.2, -0.15) is 0 Å². The van der Waals surface area contributed by atoms with Gasteiger partial charge in [0.25, 0.3) is 0 Å². The molecule has 5 aromatic rings. The number of pyridine rings is 1. The Balaban J connectivity index is 1.51. The summed E-state index contributed by atoms with van der Waals surface area (Å²) in [6.07, 6.45) is 1.73. The molecule has 2 aromatic heterocycles. The normalized spacial score (nSPS) is 11.7. The van der Waals surface area contributed by atoms with E-state index >= 15 is 0 Å². The maximum Gasteiger partial charge on any atom is 0.209 e. The quantitative estimate of drug-likeness (QED) is 0.210. The summed E-state index contributed by atoms with van der Waals surface area (Å²) in [5.74, 6) is 0.230. The molecule has 0 aliphatic heterocycles. The number of hydrogen-bond acceptors (Lipinski definition) is 5. The van der Waals surface area contributed by atoms with Crippen molar-refractivity contribution < 1.29 is 5.11 Å². The Bertz CT molecular complexity index is 1430. The smallest absolute Gasteiger partial charge is 0.209 e. The number of halogens is 2. The van der Waals surface area contributed by atoms with Crippen LogP contribution in [0, 0.1) is 0 Å². The van der Waals surface area contributed by atoms with E-state index in [0.29, 0.717) is 10.2 Å². The van der Waals surface area contributed by atoms with E-state index in [4.69, 9.17) is 16.6 Å². The van der Waals surface area contributed by atoms with E-state index in [0.717, 1.165) is 43.1 Å². The van der Waals surface area contributed by atoms with Gasteiger partial charge in [0, 0.05) is 32.4 Å². The molecule has 0 fully saturated rings. The molecule has 146 valence electrons. The minimum atomic E-state index is 0.230. The van der Waals surface area contributed by atoms with Gasteiger partial charge in [-0.25, -0.2) is 15.0 Å². The Morgan fingerprint density at radius 2 is 1.67 bits per heavy atom. The lowest BCUT2D eigenvalue weighted by Gasteiger charge is -2.07. The van der Waals surface area contributed by atoms with E-state index in [1.54, 1.807) is 30.5 Å². The SMILES string of the molecule is Oc1ccc(/C=N/c2nc(-c3ccc4nc5ccc(Br)cc5c(Cl)c4c3)cs2)cc1. The van der Waals surface area contributed by atoms with Crippen molar-refractivity contribution in [1.29, 1.82) is 0 Å². The van der Waals surface area contributed by atoms with Crippen molar-refractivity contribution in [2.24, 2.45) is 4.99 Å². The van der Waals surface area contributed by atoms with E-state index in [1.165, 1.54) is 11.3 Å². The van der Waals surface area contributed by atoms with Crippen LogP contribution in [0.15, 0.2) is 75.5 Å². The molecule has 0 atom stereocenters. The van der Waals surface area contributed by atoms with Crippen molar-refractivity contribution in [3.8, 4) is 17.0 Å². The minimum absolute atomic E-state index is 0.230. The highest BCUT2D eigenvalue weighted by Crippen LogP contribution is 2.35. The van der Waals surface area contributed by atoms with Crippen LogP contribution >= 0.6 is 38.9 Å². The molecule has 0 amide bonds. The van der Waals surface area contributed by atoms with Crippen LogP contribution in [0.1, 0.15) is 5.56 Å². The summed E-state index contributed by atoms with van der Waals surface area (Å²) >= 11 is 11.7. The number of benzene rings is 3. The molecule has 5 rings (SSSR count). The third kappa shape index (κ3) is 3.69. The lowest BCUT2D eigenvalue weighted by molar-refractivity contribution is 0.475. The number of rotatable bonds is 3. The number of aliphatic imine (C=N–C) groups is 1. The van der Waals surface area contributed by atoms with Crippen molar-refractivity contribution >= 4 is 72.0 Å². The molecule has 0 aliphatic rings. The number of aromatic nitrogens is 2. The lowest BCUT2D eigenvalue weighted by Crippen LogP contribution is -1.86. The topological polar surface area (TPSA) is 58.4 Å². The summed E-state index contributed by atoms with van der Waals surface area (Å²) in [7, 11) is 0. The summed E-state index contributed by atoms with van der Waals surface area (Å²) in [5, 5.41) is 14.5. The Labute approximate surface area is 189 Å². The first kappa shape index (κ1) is 19.2. The van der Waals surface area contributed by atoms with E-state index in [2.05, 4.69) is 25.9 Å². The molecule has 0 radical (unpaired) electrons. The third-order valence-electron chi connectivity index (χ3n) is 4.67. The second kappa shape index (κ2) is 7.80. The Morgan fingerprint density at radius 1 is 0.933 bits per heavy atom. The molecule has 0 saturated carbocycles. The van der Waals surface area contributed by atoms with Gasteiger partial charge in [0.05, 0.1) is 21.7 Å². The van der Waals surface area contributed by atoms with Gasteiger partial charge in [-0.1, -0.05) is 33.6 Å². The van der Waals surface area contributed by atoms with Crippen LogP contribution < -0.4 is 0 Å². The van der Waals surface area contributed by atoms with Crippen molar-refractivity contribution in [3.05, 3.63) is 81.1 Å². The third-order valence-corrected chi connectivity index (χ3v) is 6.32. The van der Waals surface area contributed by atoms with E-state index in [1.807, 2.05) is 41.8 Å². The highest BCUT2D eigenvalue weighted by Gasteiger charge is 2.11. The van der Waals surface area contributed by atoms with Gasteiger partial charge in [0.15, 0.2) is 0 Å². The van der Waals surface area contributed by atoms with Crippen LogP contribution in [0.25, 0.3) is 33.1 Å². The summed E-state index contributed by atoms with van der Waals surface area (Å²) in [5.41, 5.74) is 4.40. The molecule has 1 N–H and O–H groups in total. The minimum Gasteiger partial charge on any atom is -0.508 e. The molecule has 3 aromatic carbocycles. The lowest BCUT2D eigenvalue weighted by atomic mass is 10.1. The average molecular weight is 495 g/mol. The van der Waals surface area contributed by atoms with Gasteiger partial charge in [0.2, 0.25) is 5.13 Å². The van der Waals surface area contributed by atoms with Crippen LogP contribution in [0.3, 0.4) is 0 Å². The average Bonchev–Trinajstić information content (AvgIpc) is 3.23. The zero-order chi connectivity index (χ0) is 20.7. The van der Waals surface area contributed by atoms with Gasteiger partial charge >= 0.3 is 0 Å². The van der Waals surface area contributed by atoms with Crippen molar-refractivity contribution in [3.63, 3.8) is 0 Å². The number of phenolic OH excluding ortho intramolecular Hbond substituents is 1. The molecule has 7 heteroatoms. The van der Waals surface area contributed by atoms with Crippen molar-refractivity contribution in [1.82, 2.24) is 9.97 Å². The molecule has 0 unspecified atom stereocenters. The number of thiazole rings is 1. The molecule has 30 heavy (non-hydrogen) atoms. The second-order valence-corrected chi connectivity index (χ2v) is 8.81. The van der Waals surface area contributed by atoms with Crippen molar-refractivity contribution in [2.45, 2.75) is 0 Å². The highest BCUT2D eigenvalue weighted by molar-refractivity contribution is 9.10. The van der Waals surface area contributed by atoms with E-state index < -0.39 is 0 Å². The molecule has 4 nitrogen and oxygen atoms in total. The molecule has 0 spiro atoms. The number of phenols is 1. The zero-order valence-electron chi connectivity index (χ0n) is 15.4. The summed E-state index contributed by atoms with van der Waals surface area (Å²) in [6, 6.07) is 18.7. The van der Waals surface area contributed by atoms with Crippen LogP contribution in [0.4, 0.5) is 5.13 Å². The van der Waals surface area contributed by atoms with Crippen LogP contribution in [-0.4, -0.2) is 21.3 Å². The van der Waals surface area contributed by atoms with Crippen molar-refractivity contribution in [2.75, 3.05) is 0 Å². The van der Waals surface area contributed by atoms with Gasteiger partial charge < -0.3 is 5.11 Å².